The Balaban J connectivity index is 1.62. The number of rotatable bonds is 6. The van der Waals surface area contributed by atoms with Crippen LogP contribution in [0.2, 0.25) is 0 Å². The topological polar surface area (TPSA) is 94.5 Å². The van der Waals surface area contributed by atoms with E-state index in [1.165, 1.54) is 28.9 Å². The minimum absolute atomic E-state index is 0.0982. The molecule has 2 aliphatic rings. The van der Waals surface area contributed by atoms with E-state index >= 15 is 0 Å². The van der Waals surface area contributed by atoms with Crippen LogP contribution in [0.1, 0.15) is 56.6 Å². The number of aromatic nitrogens is 1. The van der Waals surface area contributed by atoms with Gasteiger partial charge in [-0.05, 0) is 50.8 Å². The van der Waals surface area contributed by atoms with E-state index in [4.69, 9.17) is 4.74 Å². The number of nitrogens with one attached hydrogen (secondary N) is 1. The zero-order valence-electron chi connectivity index (χ0n) is 21.1. The number of amides is 1. The van der Waals surface area contributed by atoms with Gasteiger partial charge >= 0.3 is 0 Å². The van der Waals surface area contributed by atoms with E-state index in [-0.39, 0.29) is 23.1 Å². The first-order valence-electron chi connectivity index (χ1n) is 12.8. The van der Waals surface area contributed by atoms with Gasteiger partial charge in [0.05, 0.1) is 23.1 Å². The van der Waals surface area contributed by atoms with Gasteiger partial charge in [0.15, 0.2) is 5.78 Å². The first-order valence-corrected chi connectivity index (χ1v) is 14.3. The van der Waals surface area contributed by atoms with Gasteiger partial charge in [0.25, 0.3) is 15.9 Å². The Morgan fingerprint density at radius 1 is 1.08 bits per heavy atom. The number of aryl methyl sites for hydroxylation is 1. The average molecular weight is 521 g/mol. The molecule has 1 amide bonds. The quantitative estimate of drug-likeness (QED) is 0.495. The number of fused-ring (bicyclic) bond motifs is 1. The van der Waals surface area contributed by atoms with Crippen LogP contribution in [0.25, 0.3) is 10.9 Å². The summed E-state index contributed by atoms with van der Waals surface area (Å²) >= 11 is 0. The normalized spacial score (nSPS) is 21.5. The van der Waals surface area contributed by atoms with E-state index in [0.29, 0.717) is 22.4 Å². The number of benzene rings is 2. The number of hydrogen-bond donors (Lipinski definition) is 1. The number of para-hydroxylation sites is 1. The highest BCUT2D eigenvalue weighted by Gasteiger charge is 2.48. The van der Waals surface area contributed by atoms with E-state index in [0.717, 1.165) is 31.2 Å². The Kier molecular flexibility index (Phi) is 6.70. The van der Waals surface area contributed by atoms with Crippen LogP contribution < -0.4 is 5.32 Å². The van der Waals surface area contributed by atoms with Crippen molar-refractivity contribution in [3.8, 4) is 0 Å². The molecule has 1 aliphatic heterocycles. The van der Waals surface area contributed by atoms with Crippen molar-refractivity contribution in [1.82, 2.24) is 9.29 Å². The summed E-state index contributed by atoms with van der Waals surface area (Å²) in [5.41, 5.74) is 0.0317. The van der Waals surface area contributed by atoms with Crippen LogP contribution in [0, 0.1) is 12.8 Å². The Hall–Kier alpha value is -3.39. The number of carbonyl (C=O) groups is 2. The summed E-state index contributed by atoms with van der Waals surface area (Å²) in [6, 6.07) is 13.5. The standard InChI is InChI=1S/C29H32N2O5S/c1-20-12-14-24(15-13-20)37(34,35)31-19-26(25-10-6-7-11-27(25)31)29(18-23(32)16-17-36-29)28(33)30-21(2)22-8-4-3-5-9-22/h6-7,10-17,19,21-22H,3-5,8-9,18H2,1-2H3,(H,30,33)/t21-,29?/m1/s1. The van der Waals surface area contributed by atoms with Crippen LogP contribution >= 0.6 is 0 Å². The Morgan fingerprint density at radius 3 is 2.49 bits per heavy atom. The second-order valence-electron chi connectivity index (χ2n) is 10.2. The van der Waals surface area contributed by atoms with Gasteiger partial charge in [-0.1, -0.05) is 55.2 Å². The maximum atomic E-state index is 13.9. The molecule has 194 valence electrons. The number of allylic oxidation sites excluding steroid dienone is 1. The van der Waals surface area contributed by atoms with Crippen molar-refractivity contribution < 1.29 is 22.7 Å². The number of nitrogens with zero attached hydrogens (tertiary/aromatic N) is 1. The molecule has 0 saturated heterocycles. The summed E-state index contributed by atoms with van der Waals surface area (Å²) in [5.74, 6) is -0.336. The molecule has 0 bridgehead atoms. The fraction of sp³-hybridized carbons (Fsp3) is 0.379. The van der Waals surface area contributed by atoms with Crippen molar-refractivity contribution in [2.45, 2.75) is 68.9 Å². The van der Waals surface area contributed by atoms with Crippen LogP contribution in [-0.4, -0.2) is 30.1 Å². The van der Waals surface area contributed by atoms with Gasteiger partial charge in [0.1, 0.15) is 0 Å². The van der Waals surface area contributed by atoms with Gasteiger partial charge < -0.3 is 10.1 Å². The molecule has 1 aromatic heterocycles. The molecular formula is C29H32N2O5S. The van der Waals surface area contributed by atoms with Gasteiger partial charge in [-0.2, -0.15) is 0 Å². The van der Waals surface area contributed by atoms with Crippen molar-refractivity contribution >= 4 is 32.6 Å². The van der Waals surface area contributed by atoms with Crippen LogP contribution in [0.15, 0.2) is 72.0 Å². The lowest BCUT2D eigenvalue weighted by Gasteiger charge is -2.36. The molecule has 1 saturated carbocycles. The first-order chi connectivity index (χ1) is 17.7. The maximum absolute atomic E-state index is 13.9. The molecule has 0 spiro atoms. The fourth-order valence-electron chi connectivity index (χ4n) is 5.56. The third-order valence-electron chi connectivity index (χ3n) is 7.72. The van der Waals surface area contributed by atoms with Crippen LogP contribution in [0.5, 0.6) is 0 Å². The molecule has 5 rings (SSSR count). The minimum Gasteiger partial charge on any atom is -0.480 e. The van der Waals surface area contributed by atoms with E-state index < -0.39 is 21.5 Å². The molecule has 37 heavy (non-hydrogen) atoms. The summed E-state index contributed by atoms with van der Waals surface area (Å²) in [4.78, 5) is 26.7. The predicted molar refractivity (Wildman–Crippen MR) is 141 cm³/mol. The summed E-state index contributed by atoms with van der Waals surface area (Å²) in [7, 11) is -3.98. The van der Waals surface area contributed by atoms with Gasteiger partial charge in [0.2, 0.25) is 5.60 Å². The molecule has 1 fully saturated rings. The Morgan fingerprint density at radius 2 is 1.78 bits per heavy atom. The summed E-state index contributed by atoms with van der Waals surface area (Å²) < 4.78 is 34.6. The fourth-order valence-corrected chi connectivity index (χ4v) is 6.93. The SMILES string of the molecule is Cc1ccc(S(=O)(=O)n2cc(C3(C(=O)N[C@H](C)C4CCCCC4)CC(=O)C=CO3)c3ccccc32)cc1. The van der Waals surface area contributed by atoms with Crippen LogP contribution in [-0.2, 0) is 30.0 Å². The smallest absolute Gasteiger partial charge is 0.269 e. The molecule has 2 heterocycles. The molecular weight excluding hydrogens is 488 g/mol. The molecule has 3 aromatic rings. The lowest BCUT2D eigenvalue weighted by atomic mass is 9.82. The third kappa shape index (κ3) is 4.59. The largest absolute Gasteiger partial charge is 0.480 e. The molecule has 8 heteroatoms. The zero-order valence-corrected chi connectivity index (χ0v) is 22.0. The van der Waals surface area contributed by atoms with Crippen molar-refractivity contribution in [2.75, 3.05) is 0 Å². The van der Waals surface area contributed by atoms with E-state index in [2.05, 4.69) is 5.32 Å². The molecule has 7 nitrogen and oxygen atoms in total. The Labute approximate surface area is 217 Å². The van der Waals surface area contributed by atoms with Gasteiger partial charge in [0, 0.05) is 29.3 Å². The van der Waals surface area contributed by atoms with E-state index in [1.54, 1.807) is 48.5 Å². The molecule has 1 unspecified atom stereocenters. The van der Waals surface area contributed by atoms with Crippen LogP contribution in [0.4, 0.5) is 0 Å². The second kappa shape index (κ2) is 9.82. The highest BCUT2D eigenvalue weighted by molar-refractivity contribution is 7.90. The van der Waals surface area contributed by atoms with Crippen molar-refractivity contribution in [3.63, 3.8) is 0 Å². The molecule has 0 radical (unpaired) electrons. The van der Waals surface area contributed by atoms with Gasteiger partial charge in [-0.25, -0.2) is 12.4 Å². The summed E-state index contributed by atoms with van der Waals surface area (Å²) in [6.07, 6.45) is 9.34. The van der Waals surface area contributed by atoms with E-state index in [1.807, 2.05) is 13.8 Å². The molecule has 2 aromatic carbocycles. The second-order valence-corrected chi connectivity index (χ2v) is 12.0. The zero-order chi connectivity index (χ0) is 26.2. The number of ether oxygens (including phenoxy) is 1. The monoisotopic (exact) mass is 520 g/mol. The predicted octanol–water partition coefficient (Wildman–Crippen LogP) is 4.97. The third-order valence-corrected chi connectivity index (χ3v) is 9.41. The number of ketones is 1. The van der Waals surface area contributed by atoms with Crippen molar-refractivity contribution in [3.05, 3.63) is 78.2 Å². The van der Waals surface area contributed by atoms with Gasteiger partial charge in [-0.15, -0.1) is 0 Å². The lowest BCUT2D eigenvalue weighted by molar-refractivity contribution is -0.148. The summed E-state index contributed by atoms with van der Waals surface area (Å²) in [5, 5.41) is 3.66. The van der Waals surface area contributed by atoms with Crippen LogP contribution in [0.3, 0.4) is 0 Å². The van der Waals surface area contributed by atoms with Crippen molar-refractivity contribution in [1.29, 1.82) is 0 Å². The van der Waals surface area contributed by atoms with Crippen molar-refractivity contribution in [2.24, 2.45) is 5.92 Å². The molecule has 2 atom stereocenters. The lowest BCUT2D eigenvalue weighted by Crippen LogP contribution is -2.52. The molecule has 1 N–H and O–H groups in total. The number of hydrogen-bond acceptors (Lipinski definition) is 5. The van der Waals surface area contributed by atoms with E-state index in [9.17, 15) is 18.0 Å². The molecule has 1 aliphatic carbocycles. The number of carbonyl (C=O) groups excluding carboxylic acids is 2. The summed E-state index contributed by atoms with van der Waals surface area (Å²) in [6.45, 7) is 3.88. The van der Waals surface area contributed by atoms with Gasteiger partial charge in [-0.3, -0.25) is 9.59 Å². The highest BCUT2D eigenvalue weighted by atomic mass is 32.2. The average Bonchev–Trinajstić information content (AvgIpc) is 3.30. The Bertz CT molecular complexity index is 1470. The first kappa shape index (κ1) is 25.3. The minimum atomic E-state index is -3.98. The highest BCUT2D eigenvalue weighted by Crippen LogP contribution is 2.40. The maximum Gasteiger partial charge on any atom is 0.269 e.